The highest BCUT2D eigenvalue weighted by molar-refractivity contribution is 5.50. The first kappa shape index (κ1) is 11.3. The summed E-state index contributed by atoms with van der Waals surface area (Å²) in [4.78, 5) is 7.96. The molecule has 17 heavy (non-hydrogen) atoms. The molecule has 1 aromatic heterocycles. The van der Waals surface area contributed by atoms with Gasteiger partial charge in [-0.3, -0.25) is 0 Å². The molecular weight excluding hydrogens is 221 g/mol. The number of benzene rings is 1. The molecular formula is C12H12FN3O. The highest BCUT2D eigenvalue weighted by atomic mass is 19.1. The summed E-state index contributed by atoms with van der Waals surface area (Å²) in [5, 5.41) is 0. The van der Waals surface area contributed by atoms with Gasteiger partial charge in [0, 0.05) is 24.0 Å². The van der Waals surface area contributed by atoms with E-state index < -0.39 is 5.82 Å². The minimum Gasteiger partial charge on any atom is -0.436 e. The number of rotatable bonds is 2. The van der Waals surface area contributed by atoms with E-state index in [1.54, 1.807) is 32.2 Å². The zero-order valence-electron chi connectivity index (χ0n) is 9.57. The molecule has 0 bridgehead atoms. The van der Waals surface area contributed by atoms with Gasteiger partial charge in [-0.1, -0.05) is 0 Å². The van der Waals surface area contributed by atoms with Crippen LogP contribution in [0.4, 0.5) is 10.1 Å². The summed E-state index contributed by atoms with van der Waals surface area (Å²) < 4.78 is 18.9. The second-order valence-electron chi connectivity index (χ2n) is 3.68. The monoisotopic (exact) mass is 233 g/mol. The summed E-state index contributed by atoms with van der Waals surface area (Å²) in [6, 6.07) is 4.35. The van der Waals surface area contributed by atoms with Gasteiger partial charge in [0.05, 0.1) is 0 Å². The van der Waals surface area contributed by atoms with Crippen LogP contribution in [0.3, 0.4) is 0 Å². The first-order valence-electron chi connectivity index (χ1n) is 5.09. The molecule has 88 valence electrons. The Balaban J connectivity index is 2.33. The standard InChI is InChI=1S/C12H12FN3O/c1-7-5-11(9(13)6-10(7)14)17-12-3-4-15-8(2)16-12/h3-6H,14H2,1-2H3. The highest BCUT2D eigenvalue weighted by Crippen LogP contribution is 2.27. The van der Waals surface area contributed by atoms with Crippen LogP contribution in [-0.2, 0) is 0 Å². The number of nitrogen functional groups attached to an aromatic ring is 1. The van der Waals surface area contributed by atoms with Gasteiger partial charge in [0.25, 0.3) is 0 Å². The lowest BCUT2D eigenvalue weighted by Gasteiger charge is -2.08. The van der Waals surface area contributed by atoms with Gasteiger partial charge in [-0.15, -0.1) is 0 Å². The molecule has 0 spiro atoms. The smallest absolute Gasteiger partial charge is 0.222 e. The Bertz CT molecular complexity index is 557. The van der Waals surface area contributed by atoms with Crippen molar-refractivity contribution in [3.63, 3.8) is 0 Å². The summed E-state index contributed by atoms with van der Waals surface area (Å²) >= 11 is 0. The van der Waals surface area contributed by atoms with Crippen LogP contribution in [0.2, 0.25) is 0 Å². The number of anilines is 1. The number of hydrogen-bond acceptors (Lipinski definition) is 4. The quantitative estimate of drug-likeness (QED) is 0.810. The zero-order chi connectivity index (χ0) is 12.4. The molecule has 0 fully saturated rings. The van der Waals surface area contributed by atoms with Crippen molar-refractivity contribution in [3.05, 3.63) is 41.6 Å². The Hall–Kier alpha value is -2.17. The first-order valence-corrected chi connectivity index (χ1v) is 5.09. The molecule has 0 unspecified atom stereocenters. The zero-order valence-corrected chi connectivity index (χ0v) is 9.57. The molecule has 4 nitrogen and oxygen atoms in total. The maximum Gasteiger partial charge on any atom is 0.222 e. The minimum atomic E-state index is -0.510. The molecule has 1 heterocycles. The van der Waals surface area contributed by atoms with Crippen LogP contribution in [0.15, 0.2) is 24.4 Å². The van der Waals surface area contributed by atoms with Crippen molar-refractivity contribution in [1.82, 2.24) is 9.97 Å². The molecule has 0 aliphatic heterocycles. The van der Waals surface area contributed by atoms with Gasteiger partial charge < -0.3 is 10.5 Å². The van der Waals surface area contributed by atoms with Crippen LogP contribution < -0.4 is 10.5 Å². The molecule has 0 saturated heterocycles. The lowest BCUT2D eigenvalue weighted by molar-refractivity contribution is 0.425. The van der Waals surface area contributed by atoms with Crippen molar-refractivity contribution >= 4 is 5.69 Å². The summed E-state index contributed by atoms with van der Waals surface area (Å²) in [5.41, 5.74) is 6.74. The average molecular weight is 233 g/mol. The third-order valence-corrected chi connectivity index (χ3v) is 2.29. The van der Waals surface area contributed by atoms with E-state index in [4.69, 9.17) is 10.5 Å². The van der Waals surface area contributed by atoms with E-state index >= 15 is 0 Å². The molecule has 0 atom stereocenters. The maximum atomic E-state index is 13.6. The maximum absolute atomic E-state index is 13.6. The Morgan fingerprint density at radius 1 is 1.29 bits per heavy atom. The Morgan fingerprint density at radius 3 is 2.76 bits per heavy atom. The predicted octanol–water partition coefficient (Wildman–Crippen LogP) is 2.61. The number of nitrogens with two attached hydrogens (primary N) is 1. The number of aryl methyl sites for hydroxylation is 2. The van der Waals surface area contributed by atoms with E-state index in [0.717, 1.165) is 5.56 Å². The summed E-state index contributed by atoms with van der Waals surface area (Å²) in [6.45, 7) is 3.52. The van der Waals surface area contributed by atoms with Gasteiger partial charge in [0.1, 0.15) is 5.82 Å². The summed E-state index contributed by atoms with van der Waals surface area (Å²) in [6.07, 6.45) is 1.56. The number of aromatic nitrogens is 2. The minimum absolute atomic E-state index is 0.106. The van der Waals surface area contributed by atoms with Gasteiger partial charge in [0.15, 0.2) is 11.6 Å². The van der Waals surface area contributed by atoms with E-state index in [1.807, 2.05) is 0 Å². The van der Waals surface area contributed by atoms with Crippen molar-refractivity contribution in [2.75, 3.05) is 5.73 Å². The van der Waals surface area contributed by atoms with Crippen LogP contribution in [0, 0.1) is 19.7 Å². The molecule has 0 amide bonds. The fraction of sp³-hybridized carbons (Fsp3) is 0.167. The molecule has 2 N–H and O–H groups in total. The van der Waals surface area contributed by atoms with Gasteiger partial charge in [-0.25, -0.2) is 9.37 Å². The fourth-order valence-corrected chi connectivity index (χ4v) is 1.35. The van der Waals surface area contributed by atoms with Gasteiger partial charge >= 0.3 is 0 Å². The molecule has 0 saturated carbocycles. The van der Waals surface area contributed by atoms with E-state index in [2.05, 4.69) is 9.97 Å². The van der Waals surface area contributed by atoms with Crippen LogP contribution in [0.5, 0.6) is 11.6 Å². The van der Waals surface area contributed by atoms with Crippen molar-refractivity contribution in [2.24, 2.45) is 0 Å². The Kier molecular flexibility index (Phi) is 2.91. The summed E-state index contributed by atoms with van der Waals surface area (Å²) in [7, 11) is 0. The number of hydrogen-bond donors (Lipinski definition) is 1. The molecule has 2 aromatic rings. The van der Waals surface area contributed by atoms with Crippen LogP contribution in [0.1, 0.15) is 11.4 Å². The highest BCUT2D eigenvalue weighted by Gasteiger charge is 2.08. The second-order valence-corrected chi connectivity index (χ2v) is 3.68. The topological polar surface area (TPSA) is 61.0 Å². The lowest BCUT2D eigenvalue weighted by Crippen LogP contribution is -1.97. The molecule has 2 rings (SSSR count). The second kappa shape index (κ2) is 4.37. The van der Waals surface area contributed by atoms with Gasteiger partial charge in [-0.05, 0) is 25.5 Å². The van der Waals surface area contributed by atoms with E-state index in [-0.39, 0.29) is 5.75 Å². The van der Waals surface area contributed by atoms with Gasteiger partial charge in [0.2, 0.25) is 5.88 Å². The number of halogens is 1. The summed E-state index contributed by atoms with van der Waals surface area (Å²) in [5.74, 6) is 0.467. The van der Waals surface area contributed by atoms with Crippen molar-refractivity contribution in [1.29, 1.82) is 0 Å². The molecule has 5 heteroatoms. The fourth-order valence-electron chi connectivity index (χ4n) is 1.35. The first-order chi connectivity index (χ1) is 8.06. The number of nitrogens with zero attached hydrogens (tertiary/aromatic N) is 2. The van der Waals surface area contributed by atoms with Gasteiger partial charge in [-0.2, -0.15) is 4.98 Å². The number of ether oxygens (including phenoxy) is 1. The van der Waals surface area contributed by atoms with Crippen molar-refractivity contribution in [2.45, 2.75) is 13.8 Å². The van der Waals surface area contributed by atoms with E-state index in [1.165, 1.54) is 6.07 Å². The average Bonchev–Trinajstić information content (AvgIpc) is 2.26. The molecule has 0 radical (unpaired) electrons. The van der Waals surface area contributed by atoms with Crippen LogP contribution >= 0.6 is 0 Å². The van der Waals surface area contributed by atoms with Crippen molar-refractivity contribution < 1.29 is 9.13 Å². The Morgan fingerprint density at radius 2 is 2.06 bits per heavy atom. The normalized spacial score (nSPS) is 10.3. The van der Waals surface area contributed by atoms with E-state index in [9.17, 15) is 4.39 Å². The molecule has 0 aliphatic rings. The molecule has 0 aliphatic carbocycles. The SMILES string of the molecule is Cc1nccc(Oc2cc(C)c(N)cc2F)n1. The van der Waals surface area contributed by atoms with Crippen molar-refractivity contribution in [3.8, 4) is 11.6 Å². The third kappa shape index (κ3) is 2.50. The third-order valence-electron chi connectivity index (χ3n) is 2.29. The lowest BCUT2D eigenvalue weighted by atomic mass is 10.2. The predicted molar refractivity (Wildman–Crippen MR) is 62.4 cm³/mol. The molecule has 1 aromatic carbocycles. The van der Waals surface area contributed by atoms with E-state index in [0.29, 0.717) is 17.4 Å². The Labute approximate surface area is 98.3 Å². The van der Waals surface area contributed by atoms with Crippen LogP contribution in [0.25, 0.3) is 0 Å². The largest absolute Gasteiger partial charge is 0.436 e. The van der Waals surface area contributed by atoms with Crippen LogP contribution in [-0.4, -0.2) is 9.97 Å².